The molecule has 2 aromatic heterocycles. The number of nitrogens with zero attached hydrogens (tertiary/aromatic N) is 1. The van der Waals surface area contributed by atoms with Gasteiger partial charge in [0.2, 0.25) is 0 Å². The minimum atomic E-state index is 0.825. The molecular formula is C60H37NO2. The second-order valence-electron chi connectivity index (χ2n) is 16.4. The van der Waals surface area contributed by atoms with Crippen LogP contribution in [0.3, 0.4) is 0 Å². The van der Waals surface area contributed by atoms with E-state index in [0.29, 0.717) is 0 Å². The summed E-state index contributed by atoms with van der Waals surface area (Å²) in [7, 11) is 0. The second kappa shape index (κ2) is 14.1. The van der Waals surface area contributed by atoms with E-state index in [1.54, 1.807) is 0 Å². The summed E-state index contributed by atoms with van der Waals surface area (Å²) in [5.74, 6) is 0. The summed E-state index contributed by atoms with van der Waals surface area (Å²) in [5.41, 5.74) is 13.2. The third kappa shape index (κ3) is 5.60. The van der Waals surface area contributed by atoms with Crippen LogP contribution in [0.15, 0.2) is 233 Å². The Hall–Kier alpha value is -8.40. The fourth-order valence-corrected chi connectivity index (χ4v) is 9.96. The molecule has 3 nitrogen and oxygen atoms in total. The van der Waals surface area contributed by atoms with E-state index in [0.717, 1.165) is 83.2 Å². The smallest absolute Gasteiger partial charge is 0.145 e. The molecule has 0 saturated carbocycles. The third-order valence-electron chi connectivity index (χ3n) is 12.9. The Kier molecular flexibility index (Phi) is 7.91. The first-order valence-electron chi connectivity index (χ1n) is 21.5. The van der Waals surface area contributed by atoms with Gasteiger partial charge in [-0.25, -0.2) is 0 Å². The van der Waals surface area contributed by atoms with Crippen LogP contribution < -0.4 is 4.90 Å². The largest absolute Gasteiger partial charge is 0.456 e. The molecule has 11 aromatic carbocycles. The van der Waals surface area contributed by atoms with Crippen molar-refractivity contribution < 1.29 is 8.83 Å². The average molecular weight is 804 g/mol. The van der Waals surface area contributed by atoms with Crippen LogP contribution in [-0.2, 0) is 0 Å². The van der Waals surface area contributed by atoms with Gasteiger partial charge in [-0.2, -0.15) is 0 Å². The molecule has 0 unspecified atom stereocenters. The molecule has 0 N–H and O–H groups in total. The number of hydrogen-bond donors (Lipinski definition) is 0. The number of rotatable bonds is 6. The number of benzene rings is 11. The van der Waals surface area contributed by atoms with Crippen molar-refractivity contribution in [2.75, 3.05) is 4.90 Å². The lowest BCUT2D eigenvalue weighted by molar-refractivity contribution is 0.663. The van der Waals surface area contributed by atoms with Gasteiger partial charge >= 0.3 is 0 Å². The van der Waals surface area contributed by atoms with Crippen LogP contribution in [0.5, 0.6) is 0 Å². The Balaban J connectivity index is 1.12. The molecule has 13 aromatic rings. The lowest BCUT2D eigenvalue weighted by atomic mass is 9.91. The van der Waals surface area contributed by atoms with E-state index in [-0.39, 0.29) is 0 Å². The lowest BCUT2D eigenvalue weighted by Crippen LogP contribution is -2.11. The maximum atomic E-state index is 7.18. The Morgan fingerprint density at radius 2 is 0.698 bits per heavy atom. The highest BCUT2D eigenvalue weighted by Crippen LogP contribution is 2.50. The van der Waals surface area contributed by atoms with Crippen LogP contribution in [0.2, 0.25) is 0 Å². The van der Waals surface area contributed by atoms with Gasteiger partial charge in [-0.15, -0.1) is 0 Å². The zero-order valence-corrected chi connectivity index (χ0v) is 34.1. The predicted molar refractivity (Wildman–Crippen MR) is 265 cm³/mol. The maximum absolute atomic E-state index is 7.18. The molecule has 0 aliphatic carbocycles. The van der Waals surface area contributed by atoms with Gasteiger partial charge in [0.25, 0.3) is 0 Å². The first-order chi connectivity index (χ1) is 31.2. The molecule has 0 amide bonds. The average Bonchev–Trinajstić information content (AvgIpc) is 3.93. The Bertz CT molecular complexity index is 3760. The van der Waals surface area contributed by atoms with Crippen molar-refractivity contribution in [1.82, 2.24) is 0 Å². The minimum absolute atomic E-state index is 0.825. The summed E-state index contributed by atoms with van der Waals surface area (Å²) in [6.45, 7) is 0. The zero-order chi connectivity index (χ0) is 41.4. The molecule has 0 radical (unpaired) electrons. The van der Waals surface area contributed by atoms with Crippen molar-refractivity contribution in [1.29, 1.82) is 0 Å². The summed E-state index contributed by atoms with van der Waals surface area (Å²) in [6.07, 6.45) is 0. The van der Waals surface area contributed by atoms with Crippen molar-refractivity contribution in [2.45, 2.75) is 0 Å². The van der Waals surface area contributed by atoms with Crippen LogP contribution >= 0.6 is 0 Å². The number of anilines is 3. The molecule has 0 atom stereocenters. The predicted octanol–water partition coefficient (Wildman–Crippen LogP) is 17.4. The van der Waals surface area contributed by atoms with Crippen LogP contribution in [0, 0.1) is 0 Å². The fourth-order valence-electron chi connectivity index (χ4n) is 9.96. The first kappa shape index (κ1) is 35.4. The van der Waals surface area contributed by atoms with Crippen LogP contribution in [0.1, 0.15) is 0 Å². The molecule has 0 aliphatic heterocycles. The van der Waals surface area contributed by atoms with Gasteiger partial charge < -0.3 is 13.7 Å². The molecule has 2 heterocycles. The molecule has 0 saturated heterocycles. The quantitative estimate of drug-likeness (QED) is 0.157. The molecule has 294 valence electrons. The number of para-hydroxylation sites is 1. The van der Waals surface area contributed by atoms with Gasteiger partial charge in [-0.3, -0.25) is 0 Å². The van der Waals surface area contributed by atoms with E-state index < -0.39 is 0 Å². The van der Waals surface area contributed by atoms with E-state index >= 15 is 0 Å². The van der Waals surface area contributed by atoms with Crippen molar-refractivity contribution >= 4 is 93.3 Å². The molecule has 0 bridgehead atoms. The van der Waals surface area contributed by atoms with E-state index in [9.17, 15) is 0 Å². The van der Waals surface area contributed by atoms with Crippen molar-refractivity contribution in [2.24, 2.45) is 0 Å². The van der Waals surface area contributed by atoms with Gasteiger partial charge in [0, 0.05) is 38.5 Å². The van der Waals surface area contributed by atoms with Gasteiger partial charge in [-0.1, -0.05) is 164 Å². The molecular weight excluding hydrogens is 767 g/mol. The van der Waals surface area contributed by atoms with Gasteiger partial charge in [-0.05, 0) is 121 Å². The summed E-state index contributed by atoms with van der Waals surface area (Å²) in [4.78, 5) is 2.39. The SMILES string of the molecule is c1ccc(-c2ccc(N(c3ccc(-c4ccccc4)cc3)c3ccc4c(oc5ccc6oc7ccccc7c6c54)c3-c3ccc4c5ccccc5c5ccccc5c4c3)cc2)cc1. The summed E-state index contributed by atoms with van der Waals surface area (Å²) >= 11 is 0. The van der Waals surface area contributed by atoms with Crippen LogP contribution in [-0.4, -0.2) is 0 Å². The van der Waals surface area contributed by atoms with Gasteiger partial charge in [0.15, 0.2) is 0 Å². The summed E-state index contributed by atoms with van der Waals surface area (Å²) in [6, 6.07) is 80.4. The minimum Gasteiger partial charge on any atom is -0.456 e. The first-order valence-corrected chi connectivity index (χ1v) is 21.5. The normalized spacial score (nSPS) is 11.8. The third-order valence-corrected chi connectivity index (χ3v) is 12.9. The standard InChI is InChI=1S/C60H37NO2/c1-3-13-38(14-4-1)40-23-28-43(29-24-40)61(44-30-25-41(26-31-44)39-15-5-2-6-16-39)53-34-33-51-59-56(36-35-55-58(59)50-21-11-12-22-54(50)62-55)63-60(51)57(53)42-27-32-49-47-19-8-7-17-45(47)46-18-9-10-20-48(46)52(49)37-42/h1-37H. The van der Waals surface area contributed by atoms with Gasteiger partial charge in [0.05, 0.1) is 5.69 Å². The van der Waals surface area contributed by atoms with Gasteiger partial charge in [0.1, 0.15) is 22.3 Å². The monoisotopic (exact) mass is 803 g/mol. The summed E-state index contributed by atoms with van der Waals surface area (Å²) < 4.78 is 13.6. The number of fused-ring (bicyclic) bond motifs is 13. The molecule has 0 spiro atoms. The highest BCUT2D eigenvalue weighted by atomic mass is 16.3. The Morgan fingerprint density at radius 1 is 0.270 bits per heavy atom. The van der Waals surface area contributed by atoms with E-state index in [2.05, 4.69) is 211 Å². The Labute approximate surface area is 363 Å². The molecule has 0 fully saturated rings. The highest BCUT2D eigenvalue weighted by Gasteiger charge is 2.25. The van der Waals surface area contributed by atoms with E-state index in [1.165, 1.54) is 43.4 Å². The number of hydrogen-bond acceptors (Lipinski definition) is 3. The van der Waals surface area contributed by atoms with E-state index in [4.69, 9.17) is 8.83 Å². The van der Waals surface area contributed by atoms with Crippen LogP contribution in [0.4, 0.5) is 17.1 Å². The van der Waals surface area contributed by atoms with Crippen molar-refractivity contribution in [3.63, 3.8) is 0 Å². The summed E-state index contributed by atoms with van der Waals surface area (Å²) in [5, 5.41) is 11.7. The fraction of sp³-hybridized carbons (Fsp3) is 0. The Morgan fingerprint density at radius 3 is 1.29 bits per heavy atom. The zero-order valence-electron chi connectivity index (χ0n) is 34.1. The van der Waals surface area contributed by atoms with Crippen LogP contribution in [0.25, 0.3) is 110 Å². The topological polar surface area (TPSA) is 29.5 Å². The maximum Gasteiger partial charge on any atom is 0.145 e. The van der Waals surface area contributed by atoms with E-state index in [1.807, 2.05) is 18.2 Å². The van der Waals surface area contributed by atoms with Crippen molar-refractivity contribution in [3.8, 4) is 33.4 Å². The number of furan rings is 2. The lowest BCUT2D eigenvalue weighted by Gasteiger charge is -2.28. The molecule has 0 aliphatic rings. The molecule has 3 heteroatoms. The highest BCUT2D eigenvalue weighted by molar-refractivity contribution is 6.29. The second-order valence-corrected chi connectivity index (χ2v) is 16.4. The molecule has 13 rings (SSSR count). The van der Waals surface area contributed by atoms with Crippen molar-refractivity contribution in [3.05, 3.63) is 224 Å². The molecule has 63 heavy (non-hydrogen) atoms.